The molecule has 2 heteroatoms. The third kappa shape index (κ3) is 5.11. The lowest BCUT2D eigenvalue weighted by Crippen LogP contribution is -2.08. The van der Waals surface area contributed by atoms with E-state index in [1.54, 1.807) is 6.26 Å². The molecule has 0 saturated carbocycles. The SMILES string of the molecule is CCN(C)/C=C\OCCc1ccccc1. The summed E-state index contributed by atoms with van der Waals surface area (Å²) in [4.78, 5) is 2.07. The van der Waals surface area contributed by atoms with Crippen LogP contribution in [0.15, 0.2) is 42.8 Å². The molecule has 1 aromatic carbocycles. The van der Waals surface area contributed by atoms with Gasteiger partial charge in [0.15, 0.2) is 0 Å². The Labute approximate surface area is 92.2 Å². The minimum Gasteiger partial charge on any atom is -0.499 e. The van der Waals surface area contributed by atoms with Crippen molar-refractivity contribution in [2.24, 2.45) is 0 Å². The number of benzene rings is 1. The van der Waals surface area contributed by atoms with Crippen LogP contribution in [0.25, 0.3) is 0 Å². The molecule has 0 saturated heterocycles. The Kier molecular flexibility index (Phi) is 5.38. The van der Waals surface area contributed by atoms with Crippen molar-refractivity contribution in [3.8, 4) is 0 Å². The van der Waals surface area contributed by atoms with Crippen LogP contribution < -0.4 is 0 Å². The Morgan fingerprint density at radius 3 is 2.67 bits per heavy atom. The van der Waals surface area contributed by atoms with Gasteiger partial charge >= 0.3 is 0 Å². The van der Waals surface area contributed by atoms with Crippen molar-refractivity contribution in [1.29, 1.82) is 0 Å². The Hall–Kier alpha value is -1.44. The third-order valence-electron chi connectivity index (χ3n) is 2.26. The van der Waals surface area contributed by atoms with E-state index in [4.69, 9.17) is 4.74 Å². The van der Waals surface area contributed by atoms with Gasteiger partial charge in [-0.1, -0.05) is 30.3 Å². The topological polar surface area (TPSA) is 12.5 Å². The molecular formula is C13H19NO. The second-order valence-corrected chi connectivity index (χ2v) is 3.46. The van der Waals surface area contributed by atoms with E-state index in [0.717, 1.165) is 19.6 Å². The number of rotatable bonds is 6. The normalized spacial score (nSPS) is 10.5. The van der Waals surface area contributed by atoms with Gasteiger partial charge < -0.3 is 9.64 Å². The van der Waals surface area contributed by atoms with Gasteiger partial charge in [0.1, 0.15) is 0 Å². The number of ether oxygens (including phenoxy) is 1. The molecular weight excluding hydrogens is 186 g/mol. The molecule has 1 aromatic rings. The van der Waals surface area contributed by atoms with Crippen LogP contribution in [0.2, 0.25) is 0 Å². The number of hydrogen-bond acceptors (Lipinski definition) is 2. The fraction of sp³-hybridized carbons (Fsp3) is 0.385. The summed E-state index contributed by atoms with van der Waals surface area (Å²) in [5.41, 5.74) is 1.31. The van der Waals surface area contributed by atoms with E-state index in [1.165, 1.54) is 5.56 Å². The van der Waals surface area contributed by atoms with Crippen molar-refractivity contribution in [3.05, 3.63) is 48.4 Å². The van der Waals surface area contributed by atoms with Crippen molar-refractivity contribution in [2.45, 2.75) is 13.3 Å². The molecule has 0 aromatic heterocycles. The van der Waals surface area contributed by atoms with Crippen LogP contribution in [0.1, 0.15) is 12.5 Å². The summed E-state index contributed by atoms with van der Waals surface area (Å²) in [6.45, 7) is 3.84. The second kappa shape index (κ2) is 6.93. The van der Waals surface area contributed by atoms with Gasteiger partial charge in [0.25, 0.3) is 0 Å². The summed E-state index contributed by atoms with van der Waals surface area (Å²) in [5.74, 6) is 0. The molecule has 15 heavy (non-hydrogen) atoms. The molecule has 0 amide bonds. The molecule has 0 bridgehead atoms. The summed E-state index contributed by atoms with van der Waals surface area (Å²) < 4.78 is 5.39. The zero-order valence-corrected chi connectivity index (χ0v) is 9.52. The van der Waals surface area contributed by atoms with Crippen LogP contribution in [0.4, 0.5) is 0 Å². The lowest BCUT2D eigenvalue weighted by molar-refractivity contribution is 0.246. The predicted octanol–water partition coefficient (Wildman–Crippen LogP) is 2.67. The molecule has 0 aliphatic rings. The summed E-state index contributed by atoms with van der Waals surface area (Å²) in [6, 6.07) is 10.4. The highest BCUT2D eigenvalue weighted by Gasteiger charge is 1.90. The molecule has 0 atom stereocenters. The lowest BCUT2D eigenvalue weighted by atomic mass is 10.2. The minimum absolute atomic E-state index is 0.734. The maximum Gasteiger partial charge on any atom is 0.0987 e. The van der Waals surface area contributed by atoms with Gasteiger partial charge in [-0.2, -0.15) is 0 Å². The first-order valence-corrected chi connectivity index (χ1v) is 5.35. The van der Waals surface area contributed by atoms with Gasteiger partial charge in [0, 0.05) is 26.2 Å². The van der Waals surface area contributed by atoms with E-state index >= 15 is 0 Å². The molecule has 0 fully saturated rings. The van der Waals surface area contributed by atoms with Gasteiger partial charge in [-0.05, 0) is 12.5 Å². The minimum atomic E-state index is 0.734. The average molecular weight is 205 g/mol. The van der Waals surface area contributed by atoms with Crippen molar-refractivity contribution in [1.82, 2.24) is 4.90 Å². The van der Waals surface area contributed by atoms with Crippen molar-refractivity contribution in [2.75, 3.05) is 20.2 Å². The van der Waals surface area contributed by atoms with Crippen molar-refractivity contribution in [3.63, 3.8) is 0 Å². The smallest absolute Gasteiger partial charge is 0.0987 e. The number of nitrogens with zero attached hydrogens (tertiary/aromatic N) is 1. The first-order chi connectivity index (χ1) is 7.33. The summed E-state index contributed by atoms with van der Waals surface area (Å²) in [5, 5.41) is 0. The molecule has 82 valence electrons. The van der Waals surface area contributed by atoms with Gasteiger partial charge in [0.2, 0.25) is 0 Å². The van der Waals surface area contributed by atoms with E-state index < -0.39 is 0 Å². The van der Waals surface area contributed by atoms with E-state index in [-0.39, 0.29) is 0 Å². The molecule has 1 rings (SSSR count). The van der Waals surface area contributed by atoms with Crippen LogP contribution in [-0.2, 0) is 11.2 Å². The molecule has 0 aliphatic heterocycles. The Morgan fingerprint density at radius 1 is 1.27 bits per heavy atom. The molecule has 2 nitrogen and oxygen atoms in total. The van der Waals surface area contributed by atoms with Crippen molar-refractivity contribution < 1.29 is 4.74 Å². The monoisotopic (exact) mass is 205 g/mol. The van der Waals surface area contributed by atoms with Gasteiger partial charge in [-0.3, -0.25) is 0 Å². The van der Waals surface area contributed by atoms with Crippen LogP contribution in [0, 0.1) is 0 Å². The summed E-state index contributed by atoms with van der Waals surface area (Å²) in [7, 11) is 2.02. The summed E-state index contributed by atoms with van der Waals surface area (Å²) >= 11 is 0. The van der Waals surface area contributed by atoms with Crippen molar-refractivity contribution >= 4 is 0 Å². The highest BCUT2D eigenvalue weighted by Crippen LogP contribution is 1.99. The number of hydrogen-bond donors (Lipinski definition) is 0. The van der Waals surface area contributed by atoms with E-state index in [2.05, 4.69) is 36.1 Å². The van der Waals surface area contributed by atoms with Crippen LogP contribution >= 0.6 is 0 Å². The Bertz CT molecular complexity index is 282. The fourth-order valence-corrected chi connectivity index (χ4v) is 1.14. The van der Waals surface area contributed by atoms with E-state index in [0.29, 0.717) is 0 Å². The van der Waals surface area contributed by atoms with E-state index in [9.17, 15) is 0 Å². The molecule has 0 spiro atoms. The van der Waals surface area contributed by atoms with Crippen LogP contribution in [0.5, 0.6) is 0 Å². The Balaban J connectivity index is 2.15. The van der Waals surface area contributed by atoms with Gasteiger partial charge in [-0.15, -0.1) is 0 Å². The van der Waals surface area contributed by atoms with Gasteiger partial charge in [0.05, 0.1) is 12.9 Å². The van der Waals surface area contributed by atoms with E-state index in [1.807, 2.05) is 19.3 Å². The maximum absolute atomic E-state index is 5.39. The van der Waals surface area contributed by atoms with Crippen LogP contribution in [0.3, 0.4) is 0 Å². The molecule has 0 heterocycles. The maximum atomic E-state index is 5.39. The average Bonchev–Trinajstić information content (AvgIpc) is 2.29. The zero-order chi connectivity index (χ0) is 10.9. The third-order valence-corrected chi connectivity index (χ3v) is 2.26. The second-order valence-electron chi connectivity index (χ2n) is 3.46. The van der Waals surface area contributed by atoms with Crippen LogP contribution in [-0.4, -0.2) is 25.1 Å². The molecule has 0 radical (unpaired) electrons. The summed E-state index contributed by atoms with van der Waals surface area (Å²) in [6.07, 6.45) is 4.67. The largest absolute Gasteiger partial charge is 0.499 e. The molecule has 0 unspecified atom stereocenters. The first kappa shape index (κ1) is 11.6. The first-order valence-electron chi connectivity index (χ1n) is 5.35. The quantitative estimate of drug-likeness (QED) is 0.523. The fourth-order valence-electron chi connectivity index (χ4n) is 1.14. The predicted molar refractivity (Wildman–Crippen MR) is 63.5 cm³/mol. The molecule has 0 N–H and O–H groups in total. The molecule has 0 aliphatic carbocycles. The highest BCUT2D eigenvalue weighted by atomic mass is 16.5. The van der Waals surface area contributed by atoms with Gasteiger partial charge in [-0.25, -0.2) is 0 Å². The Morgan fingerprint density at radius 2 is 2.00 bits per heavy atom. The lowest BCUT2D eigenvalue weighted by Gasteiger charge is -2.09. The standard InChI is InChI=1S/C13H19NO/c1-3-14(2)10-12-15-11-9-13-7-5-4-6-8-13/h4-8,10,12H,3,9,11H2,1-2H3/b12-10-. The zero-order valence-electron chi connectivity index (χ0n) is 9.52. The highest BCUT2D eigenvalue weighted by molar-refractivity contribution is 5.14.